The average Bonchev–Trinajstić information content (AvgIpc) is 3.34. The zero-order valence-electron chi connectivity index (χ0n) is 51.4. The molecule has 2 rings (SSSR count). The van der Waals surface area contributed by atoms with Crippen molar-refractivity contribution in [2.24, 2.45) is 27.6 Å². The summed E-state index contributed by atoms with van der Waals surface area (Å²) in [5.74, 6) is -0.477. The van der Waals surface area contributed by atoms with Gasteiger partial charge in [0.1, 0.15) is 22.8 Å². The van der Waals surface area contributed by atoms with E-state index in [9.17, 15) is 28.8 Å². The van der Waals surface area contributed by atoms with Crippen molar-refractivity contribution in [3.05, 3.63) is 65.2 Å². The van der Waals surface area contributed by atoms with Gasteiger partial charge in [0.25, 0.3) is 0 Å². The van der Waals surface area contributed by atoms with Crippen LogP contribution in [-0.2, 0) is 47.9 Å². The number of ether oxygens (including phenoxy) is 3. The number of nitrogens with two attached hydrogens (primary N) is 1. The third kappa shape index (κ3) is 35.1. The first kappa shape index (κ1) is 70.4. The molecule has 0 saturated heterocycles. The smallest absolute Gasteiger partial charge is 0.434 e. The third-order valence-corrected chi connectivity index (χ3v) is 13.0. The fourth-order valence-corrected chi connectivity index (χ4v) is 8.68. The van der Waals surface area contributed by atoms with Gasteiger partial charge in [-0.2, -0.15) is 9.98 Å². The van der Waals surface area contributed by atoms with E-state index >= 15 is 0 Å². The van der Waals surface area contributed by atoms with Gasteiger partial charge in [-0.1, -0.05) is 75.9 Å². The maximum absolute atomic E-state index is 13.7. The zero-order valence-corrected chi connectivity index (χ0v) is 51.4. The molecule has 0 aliphatic rings. The van der Waals surface area contributed by atoms with E-state index in [4.69, 9.17) is 19.9 Å². The largest absolute Gasteiger partial charge is 0.444 e. The summed E-state index contributed by atoms with van der Waals surface area (Å²) in [7, 11) is 0. The van der Waals surface area contributed by atoms with Gasteiger partial charge in [-0.05, 0) is 215 Å². The van der Waals surface area contributed by atoms with Crippen LogP contribution in [0, 0.1) is 11.8 Å². The predicted molar refractivity (Wildman–Crippen MR) is 324 cm³/mol. The molecule has 0 aromatic heterocycles. The molecule has 0 bridgehead atoms. The first-order valence-electron chi connectivity index (χ1n) is 29.6. The number of unbranched alkanes of at least 4 members (excludes halogenated alkanes) is 5. The summed E-state index contributed by atoms with van der Waals surface area (Å²) in [6, 6.07) is 15.0. The maximum atomic E-state index is 13.7. The number of hydrogen-bond donors (Lipinski definition) is 5. The minimum Gasteiger partial charge on any atom is -0.444 e. The van der Waals surface area contributed by atoms with Gasteiger partial charge in [0.05, 0.1) is 0 Å². The Bertz CT molecular complexity index is 2150. The molecule has 6 N–H and O–H groups in total. The predicted octanol–water partition coefficient (Wildman–Crippen LogP) is 12.3. The normalized spacial score (nSPS) is 13.5. The van der Waals surface area contributed by atoms with Gasteiger partial charge >= 0.3 is 18.3 Å². The number of nitrogens with one attached hydrogen (secondary N) is 4. The average molecular weight is 1120 g/mol. The van der Waals surface area contributed by atoms with Gasteiger partial charge in [0.2, 0.25) is 17.7 Å². The van der Waals surface area contributed by atoms with Crippen molar-refractivity contribution in [1.82, 2.24) is 20.9 Å². The summed E-state index contributed by atoms with van der Waals surface area (Å²) in [5.41, 5.74) is 9.13. The van der Waals surface area contributed by atoms with E-state index in [0.29, 0.717) is 38.2 Å². The van der Waals surface area contributed by atoms with Gasteiger partial charge in [-0.3, -0.25) is 14.4 Å². The molecule has 0 aliphatic carbocycles. The van der Waals surface area contributed by atoms with Crippen LogP contribution in [0.25, 0.3) is 0 Å². The Morgan fingerprint density at radius 2 is 0.950 bits per heavy atom. The number of hydrogen-bond acceptors (Lipinski definition) is 11. The number of rotatable bonds is 35. The lowest BCUT2D eigenvalue weighted by Gasteiger charge is -2.23. The van der Waals surface area contributed by atoms with Crippen LogP contribution < -0.4 is 27.0 Å². The molecule has 17 heteroatoms. The molecule has 3 atom stereocenters. The Hall–Kier alpha value is -5.68. The molecule has 2 aromatic carbocycles. The number of carbonyl (C=O) groups is 6. The van der Waals surface area contributed by atoms with Crippen LogP contribution in [-0.4, -0.2) is 114 Å². The lowest BCUT2D eigenvalue weighted by molar-refractivity contribution is -0.125. The molecule has 0 fully saturated rings. The lowest BCUT2D eigenvalue weighted by Crippen LogP contribution is -2.47. The number of anilines is 1. The van der Waals surface area contributed by atoms with Crippen LogP contribution >= 0.6 is 0 Å². The highest BCUT2D eigenvalue weighted by Gasteiger charge is 2.26. The first-order valence-corrected chi connectivity index (χ1v) is 29.6. The highest BCUT2D eigenvalue weighted by atomic mass is 16.6. The van der Waals surface area contributed by atoms with E-state index in [2.05, 4.69) is 48.3 Å². The van der Waals surface area contributed by atoms with Crippen molar-refractivity contribution in [3.63, 3.8) is 0 Å². The summed E-state index contributed by atoms with van der Waals surface area (Å²) in [6.07, 6.45) is 13.1. The van der Waals surface area contributed by atoms with Crippen molar-refractivity contribution in [3.8, 4) is 0 Å². The molecule has 17 nitrogen and oxygen atoms in total. The molecule has 0 radical (unpaired) electrons. The topological polar surface area (TPSA) is 232 Å². The van der Waals surface area contributed by atoms with E-state index < -0.39 is 41.1 Å². The Morgan fingerprint density at radius 3 is 1.40 bits per heavy atom. The van der Waals surface area contributed by atoms with Crippen molar-refractivity contribution >= 4 is 53.1 Å². The molecule has 0 heterocycles. The van der Waals surface area contributed by atoms with Crippen molar-refractivity contribution in [1.29, 1.82) is 0 Å². The molecular formula is C63H104N8O9. The van der Waals surface area contributed by atoms with Crippen LogP contribution in [0.5, 0.6) is 0 Å². The van der Waals surface area contributed by atoms with Crippen LogP contribution in [0.15, 0.2) is 58.5 Å². The minimum absolute atomic E-state index is 0.0484. The number of alkyl carbamates (subject to hydrolysis) is 1. The van der Waals surface area contributed by atoms with Crippen LogP contribution in [0.1, 0.15) is 203 Å². The molecule has 0 saturated carbocycles. The fourth-order valence-electron chi connectivity index (χ4n) is 8.68. The summed E-state index contributed by atoms with van der Waals surface area (Å²) in [4.78, 5) is 87.3. The number of carbonyl (C=O) groups excluding carboxylic acids is 6. The highest BCUT2D eigenvalue weighted by Crippen LogP contribution is 2.18. The van der Waals surface area contributed by atoms with Gasteiger partial charge in [-0.15, -0.1) is 0 Å². The number of benzene rings is 2. The van der Waals surface area contributed by atoms with Gasteiger partial charge in [0.15, 0.2) is 0 Å². The molecule has 1 unspecified atom stereocenters. The van der Waals surface area contributed by atoms with Gasteiger partial charge in [-0.25, -0.2) is 14.4 Å². The van der Waals surface area contributed by atoms with Crippen molar-refractivity contribution in [2.45, 2.75) is 228 Å². The van der Waals surface area contributed by atoms with E-state index in [1.807, 2.05) is 106 Å². The first-order chi connectivity index (χ1) is 37.6. The van der Waals surface area contributed by atoms with E-state index in [-0.39, 0.29) is 36.0 Å². The summed E-state index contributed by atoms with van der Waals surface area (Å²) >= 11 is 0. The fraction of sp³-hybridized carbons (Fsp3) is 0.683. The number of aliphatic imine (C=N–C) groups is 2. The third-order valence-electron chi connectivity index (χ3n) is 13.0. The molecule has 0 aliphatic heterocycles. The quantitative estimate of drug-likeness (QED) is 0.0247. The molecule has 80 heavy (non-hydrogen) atoms. The van der Waals surface area contributed by atoms with Gasteiger partial charge < -0.3 is 46.1 Å². The van der Waals surface area contributed by atoms with Crippen LogP contribution in [0.2, 0.25) is 0 Å². The Labute approximate surface area is 481 Å². The standard InChI is InChI=1S/C63H104N8O9/c1-46(25-16-14-18-27-48(3)67-58(75)78-61(5,6)7)55(72)65-40-23-43-71(44-24-41-66-56(73)47(2)26-17-15-19-28-49(4)68-59(76)79-62(8,9)10)42-22-30-51-35-37-53(38-36-51)69-57(74)54(70-60(77)80-63(11,12)13)45-52-33-31-50(32-34-52)29-20-21-39-64/h31-38,46-47,54H,14-30,39-45,64H2,1-13H3,(H,65,72)(H,66,73)(H,69,74)(H,70,77)/t46-,47-,54?/m0/s1. The molecule has 2 aromatic rings. The second-order valence-corrected chi connectivity index (χ2v) is 24.5. The summed E-state index contributed by atoms with van der Waals surface area (Å²) in [6.45, 7) is 28.0. The molecular weight excluding hydrogens is 1010 g/mol. The molecule has 6 amide bonds. The Balaban J connectivity index is 1.98. The number of nitrogens with zero attached hydrogens (tertiary/aromatic N) is 3. The highest BCUT2D eigenvalue weighted by molar-refractivity contribution is 5.97. The second-order valence-electron chi connectivity index (χ2n) is 24.5. The number of amides is 6. The monoisotopic (exact) mass is 1120 g/mol. The van der Waals surface area contributed by atoms with E-state index in [1.165, 1.54) is 5.56 Å². The second kappa shape index (κ2) is 37.4. The lowest BCUT2D eigenvalue weighted by atomic mass is 10.0. The van der Waals surface area contributed by atoms with Crippen molar-refractivity contribution < 1.29 is 43.0 Å². The summed E-state index contributed by atoms with van der Waals surface area (Å²) in [5, 5.41) is 12.1. The van der Waals surface area contributed by atoms with E-state index in [0.717, 1.165) is 138 Å². The van der Waals surface area contributed by atoms with Gasteiger partial charge in [0, 0.05) is 48.5 Å². The SMILES string of the molecule is CC(CCCCC[C@H](C)C(=O)NCCCN(CCCNC(=O)[C@@H](C)CCCCCC(C)=NC(=O)OC(C)(C)C)CCCc1ccc(NC(=O)C(Cc2ccc(CCCCN)cc2)NC(=O)OC(C)(C)C)cc1)=NC(=O)OC(C)(C)C. The van der Waals surface area contributed by atoms with Crippen LogP contribution in [0.4, 0.5) is 20.1 Å². The van der Waals surface area contributed by atoms with Crippen molar-refractivity contribution in [2.75, 3.05) is 44.6 Å². The minimum atomic E-state index is -0.871. The Morgan fingerprint density at radius 1 is 0.525 bits per heavy atom. The maximum Gasteiger partial charge on any atom is 0.434 e. The molecule has 0 spiro atoms. The number of aryl methyl sites for hydroxylation is 2. The van der Waals surface area contributed by atoms with E-state index in [1.54, 1.807) is 20.8 Å². The molecule has 450 valence electrons. The zero-order chi connectivity index (χ0) is 59.7. The van der Waals surface area contributed by atoms with Crippen LogP contribution in [0.3, 0.4) is 0 Å². The summed E-state index contributed by atoms with van der Waals surface area (Å²) < 4.78 is 16.1. The Kier molecular flexibility index (Phi) is 32.9.